The number of hydrogen-bond donors (Lipinski definition) is 2. The van der Waals surface area contributed by atoms with E-state index in [0.717, 1.165) is 16.7 Å². The Hall–Kier alpha value is -1.01. The number of carbonyl (C=O) groups excluding carboxylic acids is 1. The lowest BCUT2D eigenvalue weighted by atomic mass is 10.2. The number of pyridine rings is 1. The second-order valence-electron chi connectivity index (χ2n) is 5.19. The molecular formula is C13H19BrClN3O2. The molecule has 1 heterocycles. The van der Waals surface area contributed by atoms with Gasteiger partial charge in [0.15, 0.2) is 0 Å². The van der Waals surface area contributed by atoms with Crippen LogP contribution in [0, 0.1) is 0 Å². The van der Waals surface area contributed by atoms with E-state index in [1.807, 2.05) is 20.8 Å². The molecule has 0 aliphatic carbocycles. The molecule has 0 aliphatic heterocycles. The summed E-state index contributed by atoms with van der Waals surface area (Å²) in [6.07, 6.45) is 1.94. The summed E-state index contributed by atoms with van der Waals surface area (Å²) in [5.74, 6) is 0.728. The fourth-order valence-electron chi connectivity index (χ4n) is 1.34. The van der Waals surface area contributed by atoms with Crippen molar-refractivity contribution < 1.29 is 9.53 Å². The molecule has 0 fully saturated rings. The molecule has 1 amide bonds. The van der Waals surface area contributed by atoms with E-state index in [1.165, 1.54) is 0 Å². The molecule has 0 unspecified atom stereocenters. The minimum atomic E-state index is -0.472. The lowest BCUT2D eigenvalue weighted by Gasteiger charge is -2.19. The molecule has 1 rings (SSSR count). The normalized spacial score (nSPS) is 11.1. The van der Waals surface area contributed by atoms with Crippen molar-refractivity contribution in [1.82, 2.24) is 10.3 Å². The third-order valence-electron chi connectivity index (χ3n) is 2.12. The molecule has 0 saturated heterocycles. The molecule has 0 spiro atoms. The lowest BCUT2D eigenvalue weighted by Crippen LogP contribution is -2.33. The SMILES string of the molecule is CC(C)(C)OC(=O)NCCCNc1ncc(Cl)cc1Br. The van der Waals surface area contributed by atoms with Gasteiger partial charge in [0, 0.05) is 19.3 Å². The molecule has 7 heteroatoms. The fourth-order valence-corrected chi connectivity index (χ4v) is 2.12. The van der Waals surface area contributed by atoms with Crippen molar-refractivity contribution in [2.45, 2.75) is 32.8 Å². The molecule has 0 aliphatic rings. The van der Waals surface area contributed by atoms with Crippen LogP contribution in [0.5, 0.6) is 0 Å². The number of ether oxygens (including phenoxy) is 1. The number of anilines is 1. The maximum atomic E-state index is 11.4. The van der Waals surface area contributed by atoms with Crippen molar-refractivity contribution in [3.05, 3.63) is 21.8 Å². The van der Waals surface area contributed by atoms with Gasteiger partial charge in [-0.05, 0) is 49.2 Å². The Balaban J connectivity index is 2.21. The topological polar surface area (TPSA) is 63.2 Å². The second kappa shape index (κ2) is 7.69. The summed E-state index contributed by atoms with van der Waals surface area (Å²) in [6.45, 7) is 6.71. The molecule has 0 atom stereocenters. The van der Waals surface area contributed by atoms with E-state index in [9.17, 15) is 4.79 Å². The van der Waals surface area contributed by atoms with Crippen molar-refractivity contribution in [2.75, 3.05) is 18.4 Å². The minimum absolute atomic E-state index is 0.400. The number of rotatable bonds is 5. The Kier molecular flexibility index (Phi) is 6.55. The predicted octanol–water partition coefficient (Wildman–Crippen LogP) is 3.82. The first-order valence-electron chi connectivity index (χ1n) is 6.30. The quantitative estimate of drug-likeness (QED) is 0.780. The Morgan fingerprint density at radius 3 is 2.75 bits per heavy atom. The van der Waals surface area contributed by atoms with Gasteiger partial charge in [-0.1, -0.05) is 11.6 Å². The Labute approximate surface area is 132 Å². The van der Waals surface area contributed by atoms with Crippen LogP contribution in [0.4, 0.5) is 10.6 Å². The van der Waals surface area contributed by atoms with Gasteiger partial charge in [-0.25, -0.2) is 9.78 Å². The van der Waals surface area contributed by atoms with E-state index in [2.05, 4.69) is 31.5 Å². The summed E-state index contributed by atoms with van der Waals surface area (Å²) in [6, 6.07) is 1.77. The van der Waals surface area contributed by atoms with E-state index >= 15 is 0 Å². The summed E-state index contributed by atoms with van der Waals surface area (Å²) in [5, 5.41) is 6.43. The first-order chi connectivity index (χ1) is 9.28. The maximum absolute atomic E-state index is 11.4. The van der Waals surface area contributed by atoms with E-state index < -0.39 is 11.7 Å². The van der Waals surface area contributed by atoms with Gasteiger partial charge in [0.2, 0.25) is 0 Å². The van der Waals surface area contributed by atoms with Crippen LogP contribution in [0.1, 0.15) is 27.2 Å². The van der Waals surface area contributed by atoms with Gasteiger partial charge in [-0.15, -0.1) is 0 Å². The zero-order valence-corrected chi connectivity index (χ0v) is 14.1. The number of halogens is 2. The third-order valence-corrected chi connectivity index (χ3v) is 2.93. The van der Waals surface area contributed by atoms with Crippen molar-refractivity contribution in [2.24, 2.45) is 0 Å². The van der Waals surface area contributed by atoms with Crippen LogP contribution in [0.3, 0.4) is 0 Å². The van der Waals surface area contributed by atoms with Gasteiger partial charge in [0.1, 0.15) is 11.4 Å². The standard InChI is InChI=1S/C13H19BrClN3O2/c1-13(2,3)20-12(19)17-6-4-5-16-11-10(14)7-9(15)8-18-11/h7-8H,4-6H2,1-3H3,(H,16,18)(H,17,19). The molecular weight excluding hydrogens is 346 g/mol. The van der Waals surface area contributed by atoms with Crippen LogP contribution in [0.2, 0.25) is 5.02 Å². The summed E-state index contributed by atoms with van der Waals surface area (Å²) in [5.41, 5.74) is -0.472. The van der Waals surface area contributed by atoms with Crippen LogP contribution in [-0.4, -0.2) is 29.8 Å². The van der Waals surface area contributed by atoms with E-state index in [0.29, 0.717) is 18.1 Å². The van der Waals surface area contributed by atoms with Gasteiger partial charge >= 0.3 is 6.09 Å². The molecule has 112 valence electrons. The summed E-state index contributed by atoms with van der Waals surface area (Å²) >= 11 is 9.18. The number of carbonyl (C=O) groups is 1. The molecule has 1 aromatic heterocycles. The number of aromatic nitrogens is 1. The Morgan fingerprint density at radius 1 is 1.45 bits per heavy atom. The first-order valence-corrected chi connectivity index (χ1v) is 7.47. The summed E-state index contributed by atoms with van der Waals surface area (Å²) in [4.78, 5) is 15.6. The number of hydrogen-bond acceptors (Lipinski definition) is 4. The number of nitrogens with zero attached hydrogens (tertiary/aromatic N) is 1. The predicted molar refractivity (Wildman–Crippen MR) is 84.3 cm³/mol. The number of nitrogens with one attached hydrogen (secondary N) is 2. The highest BCUT2D eigenvalue weighted by Crippen LogP contribution is 2.22. The summed E-state index contributed by atoms with van der Waals surface area (Å²) < 4.78 is 5.94. The monoisotopic (exact) mass is 363 g/mol. The number of alkyl carbamates (subject to hydrolysis) is 1. The highest BCUT2D eigenvalue weighted by Gasteiger charge is 2.15. The fraction of sp³-hybridized carbons (Fsp3) is 0.538. The average Bonchev–Trinajstić information content (AvgIpc) is 2.28. The molecule has 1 aromatic rings. The molecule has 20 heavy (non-hydrogen) atoms. The van der Waals surface area contributed by atoms with Crippen LogP contribution >= 0.6 is 27.5 Å². The highest BCUT2D eigenvalue weighted by atomic mass is 79.9. The van der Waals surface area contributed by atoms with Crippen LogP contribution < -0.4 is 10.6 Å². The van der Waals surface area contributed by atoms with Crippen molar-refractivity contribution in [1.29, 1.82) is 0 Å². The van der Waals surface area contributed by atoms with Crippen molar-refractivity contribution in [3.8, 4) is 0 Å². The number of amides is 1. The molecule has 0 aromatic carbocycles. The van der Waals surface area contributed by atoms with Crippen molar-refractivity contribution in [3.63, 3.8) is 0 Å². The third kappa shape index (κ3) is 6.96. The molecule has 0 radical (unpaired) electrons. The van der Waals surface area contributed by atoms with Crippen LogP contribution in [-0.2, 0) is 4.74 Å². The van der Waals surface area contributed by atoms with E-state index in [1.54, 1.807) is 12.3 Å². The van der Waals surface area contributed by atoms with Crippen molar-refractivity contribution >= 4 is 39.4 Å². The summed E-state index contributed by atoms with van der Waals surface area (Å²) in [7, 11) is 0. The molecule has 0 bridgehead atoms. The Bertz CT molecular complexity index is 463. The Morgan fingerprint density at radius 2 is 2.15 bits per heavy atom. The maximum Gasteiger partial charge on any atom is 0.407 e. The van der Waals surface area contributed by atoms with Gasteiger partial charge in [-0.3, -0.25) is 0 Å². The van der Waals surface area contributed by atoms with Gasteiger partial charge < -0.3 is 15.4 Å². The zero-order valence-electron chi connectivity index (χ0n) is 11.8. The van der Waals surface area contributed by atoms with Gasteiger partial charge in [0.05, 0.1) is 9.50 Å². The largest absolute Gasteiger partial charge is 0.444 e. The molecule has 2 N–H and O–H groups in total. The van der Waals surface area contributed by atoms with Crippen LogP contribution in [0.25, 0.3) is 0 Å². The smallest absolute Gasteiger partial charge is 0.407 e. The molecule has 5 nitrogen and oxygen atoms in total. The van der Waals surface area contributed by atoms with E-state index in [-0.39, 0.29) is 0 Å². The van der Waals surface area contributed by atoms with E-state index in [4.69, 9.17) is 16.3 Å². The van der Waals surface area contributed by atoms with Gasteiger partial charge in [-0.2, -0.15) is 0 Å². The zero-order chi connectivity index (χ0) is 15.2. The van der Waals surface area contributed by atoms with Crippen LogP contribution in [0.15, 0.2) is 16.7 Å². The minimum Gasteiger partial charge on any atom is -0.444 e. The average molecular weight is 365 g/mol. The second-order valence-corrected chi connectivity index (χ2v) is 6.48. The highest BCUT2D eigenvalue weighted by molar-refractivity contribution is 9.10. The molecule has 0 saturated carbocycles. The lowest BCUT2D eigenvalue weighted by molar-refractivity contribution is 0.0528. The van der Waals surface area contributed by atoms with Gasteiger partial charge in [0.25, 0.3) is 0 Å². The first kappa shape index (κ1) is 17.0.